The monoisotopic (exact) mass is 1000 g/mol. The van der Waals surface area contributed by atoms with Gasteiger partial charge in [0.25, 0.3) is 0 Å². The Bertz CT molecular complexity index is 2430. The fourth-order valence-electron chi connectivity index (χ4n) is 11.9. The maximum atomic E-state index is 14.9. The molecule has 0 unspecified atom stereocenters. The average molecular weight is 1010 g/mol. The Morgan fingerprint density at radius 2 is 1.42 bits per heavy atom. The SMILES string of the molecule is COC(=O)[C@@H]1c2cc3c(c(O)c2CC[C@]1(C)O)C(=O)c1c(O)cc2c(c1C3=O)O[C@@H]1O[C@@]2(C)[C@@H](O[C@H]2C[C@H](O)[C@H](O[C@@H]3C[C@@](C)(N(O)O)[C@@H](O[C@H]4C[C@H](O)[C@H](O)[C@H](C)O4)[C@H](C)O3)[C@H](C)O2)[C@@H](N(C)C)[C@@H]1O. The Hall–Kier alpha value is -3.99. The number of fused-ring (bicyclic) bond motifs is 8. The van der Waals surface area contributed by atoms with Gasteiger partial charge in [-0.25, -0.2) is 0 Å². The number of nitrogens with zero attached hydrogens (tertiary/aromatic N) is 2. The largest absolute Gasteiger partial charge is 0.507 e. The van der Waals surface area contributed by atoms with Crippen LogP contribution in [0.25, 0.3) is 0 Å². The minimum atomic E-state index is -1.69. The third-order valence-electron chi connectivity index (χ3n) is 15.7. The van der Waals surface area contributed by atoms with Crippen LogP contribution < -0.4 is 4.74 Å². The predicted octanol–water partition coefficient (Wildman–Crippen LogP) is 0.564. The van der Waals surface area contributed by atoms with Crippen LogP contribution in [-0.4, -0.2) is 198 Å². The topological polar surface area (TPSA) is 323 Å². The fraction of sp³-hybridized carbons (Fsp3) is 0.688. The Balaban J connectivity index is 0.981. The Morgan fingerprint density at radius 1 is 0.789 bits per heavy atom. The fourth-order valence-corrected chi connectivity index (χ4v) is 11.9. The highest BCUT2D eigenvalue weighted by Gasteiger charge is 2.62. The van der Waals surface area contributed by atoms with Gasteiger partial charge in [-0.1, -0.05) is 5.23 Å². The van der Waals surface area contributed by atoms with Crippen molar-refractivity contribution in [2.24, 2.45) is 0 Å². The maximum absolute atomic E-state index is 14.9. The molecule has 0 spiro atoms. The molecule has 0 saturated carbocycles. The molecule has 9 N–H and O–H groups in total. The van der Waals surface area contributed by atoms with Gasteiger partial charge in [-0.2, -0.15) is 0 Å². The van der Waals surface area contributed by atoms with Crippen LogP contribution in [0, 0.1) is 0 Å². The van der Waals surface area contributed by atoms with Gasteiger partial charge in [0.15, 0.2) is 24.7 Å². The third-order valence-corrected chi connectivity index (χ3v) is 15.7. The van der Waals surface area contributed by atoms with Crippen LogP contribution in [0.4, 0.5) is 0 Å². The summed E-state index contributed by atoms with van der Waals surface area (Å²) < 4.78 is 55.1. The molecule has 9 rings (SSSR count). The van der Waals surface area contributed by atoms with E-state index < -0.39 is 161 Å². The second-order valence-electron chi connectivity index (χ2n) is 20.8. The number of aromatic hydroxyl groups is 2. The van der Waals surface area contributed by atoms with E-state index in [4.69, 9.17) is 42.6 Å². The first kappa shape index (κ1) is 51.9. The number of hydrogen-bond acceptors (Lipinski definition) is 23. The van der Waals surface area contributed by atoms with Crippen LogP contribution in [0.1, 0.15) is 122 Å². The number of esters is 1. The number of carbonyl (C=O) groups excluding carboxylic acids is 3. The van der Waals surface area contributed by atoms with E-state index in [1.807, 2.05) is 0 Å². The number of methoxy groups -OCH3 is 1. The zero-order valence-electron chi connectivity index (χ0n) is 40.7. The smallest absolute Gasteiger partial charge is 0.316 e. The number of hydroxylamine groups is 2. The summed E-state index contributed by atoms with van der Waals surface area (Å²) in [5.41, 5.74) is -6.17. The number of aliphatic hydroxyl groups is 5. The van der Waals surface area contributed by atoms with Crippen molar-refractivity contribution in [2.45, 2.75) is 189 Å². The molecule has 71 heavy (non-hydrogen) atoms. The van der Waals surface area contributed by atoms with Crippen molar-refractivity contribution in [3.05, 3.63) is 51.1 Å². The molecule has 5 aliphatic heterocycles. The highest BCUT2D eigenvalue weighted by molar-refractivity contribution is 6.31. The molecule has 4 fully saturated rings. The number of ketones is 2. The maximum Gasteiger partial charge on any atom is 0.316 e. The van der Waals surface area contributed by atoms with Gasteiger partial charge in [-0.05, 0) is 91.7 Å². The van der Waals surface area contributed by atoms with Gasteiger partial charge < -0.3 is 83.3 Å². The van der Waals surface area contributed by atoms with Crippen molar-refractivity contribution >= 4 is 17.5 Å². The van der Waals surface area contributed by atoms with Crippen LogP contribution in [0.3, 0.4) is 0 Å². The Labute approximate surface area is 408 Å². The van der Waals surface area contributed by atoms with E-state index in [0.29, 0.717) is 0 Å². The molecule has 2 bridgehead atoms. The summed E-state index contributed by atoms with van der Waals surface area (Å²) in [5.74, 6) is -5.38. The summed E-state index contributed by atoms with van der Waals surface area (Å²) in [4.78, 5) is 44.1. The lowest BCUT2D eigenvalue weighted by atomic mass is 9.69. The normalized spacial score (nSPS) is 41.9. The molecule has 0 radical (unpaired) electrons. The van der Waals surface area contributed by atoms with Gasteiger partial charge in [0.05, 0.1) is 66.0 Å². The Morgan fingerprint density at radius 3 is 2.04 bits per heavy atom. The standard InChI is InChI=1S/C48H64N2O21/c1-17-35(54)25(52)14-27(64-17)68-42-19(3)66-29(16-46(42,4)50(61)62)67-40-18(2)65-28(15-26(40)53)69-43-34(49(7)8)39(58)45-70-41-23(48(43,6)71-45)13-24(51)31-32(41)37(56)22-12-21-20(36(55)30(22)38(31)57)10-11-47(5,60)33(21)44(59)63-9/h12-13,17-19,25-29,33-35,39-40,42-43,45,51-55,58,60-62H,10-11,14-16H2,1-9H3/t17-,18-,19-,25-,26-,27-,28-,29+,33-,34-,35+,39-,40+,42-,43-,45+,46+,47-,48+/m0/s1. The van der Waals surface area contributed by atoms with E-state index in [-0.39, 0.29) is 65.3 Å². The Kier molecular flexibility index (Phi) is 13.5. The summed E-state index contributed by atoms with van der Waals surface area (Å²) in [7, 11) is 4.50. The summed E-state index contributed by atoms with van der Waals surface area (Å²) in [6.45, 7) is 9.34. The van der Waals surface area contributed by atoms with Gasteiger partial charge >= 0.3 is 5.97 Å². The number of carbonyl (C=O) groups is 3. The molecule has 7 aliphatic rings. The first-order chi connectivity index (χ1) is 33.2. The first-order valence-electron chi connectivity index (χ1n) is 23.8. The second-order valence-corrected chi connectivity index (χ2v) is 20.8. The van der Waals surface area contributed by atoms with E-state index in [2.05, 4.69) is 0 Å². The van der Waals surface area contributed by atoms with E-state index in [0.717, 1.165) is 7.11 Å². The molecule has 2 aromatic rings. The summed E-state index contributed by atoms with van der Waals surface area (Å²) in [6.07, 6.45) is -16.2. The van der Waals surface area contributed by atoms with E-state index in [9.17, 15) is 60.5 Å². The number of phenolic OH excluding ortho intramolecular Hbond substituents is 2. The predicted molar refractivity (Wildman–Crippen MR) is 236 cm³/mol. The number of hydrogen-bond donors (Lipinski definition) is 9. The third kappa shape index (κ3) is 8.35. The van der Waals surface area contributed by atoms with E-state index in [1.54, 1.807) is 46.7 Å². The molecule has 2 aromatic carbocycles. The lowest BCUT2D eigenvalue weighted by molar-refractivity contribution is -0.422. The molecule has 5 heterocycles. The summed E-state index contributed by atoms with van der Waals surface area (Å²) in [6, 6.07) is 1.55. The molecule has 392 valence electrons. The molecule has 23 heteroatoms. The van der Waals surface area contributed by atoms with Gasteiger partial charge in [0.2, 0.25) is 12.1 Å². The van der Waals surface area contributed by atoms with E-state index >= 15 is 0 Å². The van der Waals surface area contributed by atoms with Crippen molar-refractivity contribution in [1.82, 2.24) is 10.1 Å². The number of ether oxygens (including phenoxy) is 9. The van der Waals surface area contributed by atoms with Crippen LogP contribution in [-0.2, 0) is 54.7 Å². The van der Waals surface area contributed by atoms with Crippen molar-refractivity contribution in [3.63, 3.8) is 0 Å². The van der Waals surface area contributed by atoms with Crippen LogP contribution >= 0.6 is 0 Å². The minimum absolute atomic E-state index is 0.000418. The highest BCUT2D eigenvalue weighted by atomic mass is 16.8. The van der Waals surface area contributed by atoms with Gasteiger partial charge in [0.1, 0.15) is 64.8 Å². The van der Waals surface area contributed by atoms with Crippen molar-refractivity contribution in [2.75, 3.05) is 21.2 Å². The van der Waals surface area contributed by atoms with Gasteiger partial charge in [-0.15, -0.1) is 0 Å². The number of likely N-dealkylation sites (N-methyl/N-ethyl adjacent to an activating group) is 1. The van der Waals surface area contributed by atoms with Crippen LogP contribution in [0.15, 0.2) is 12.1 Å². The van der Waals surface area contributed by atoms with Crippen molar-refractivity contribution in [1.29, 1.82) is 0 Å². The molecule has 19 atom stereocenters. The second kappa shape index (κ2) is 18.4. The molecule has 23 nitrogen and oxygen atoms in total. The van der Waals surface area contributed by atoms with Crippen LogP contribution in [0.2, 0.25) is 0 Å². The van der Waals surface area contributed by atoms with Gasteiger partial charge in [0, 0.05) is 30.4 Å². The molecule has 2 aliphatic carbocycles. The minimum Gasteiger partial charge on any atom is -0.507 e. The average Bonchev–Trinajstić information content (AvgIpc) is 3.28. The molecular weight excluding hydrogens is 941 g/mol. The van der Waals surface area contributed by atoms with Crippen molar-refractivity contribution < 1.29 is 103 Å². The van der Waals surface area contributed by atoms with Crippen LogP contribution in [0.5, 0.6) is 17.2 Å². The van der Waals surface area contributed by atoms with Gasteiger partial charge in [-0.3, -0.25) is 24.8 Å². The number of phenols is 2. The lowest BCUT2D eigenvalue weighted by Crippen LogP contribution is -2.70. The lowest BCUT2D eigenvalue weighted by Gasteiger charge is -2.56. The van der Waals surface area contributed by atoms with Crippen molar-refractivity contribution in [3.8, 4) is 17.2 Å². The molecular formula is C48H64N2O21. The molecule has 0 aromatic heterocycles. The number of rotatable bonds is 9. The quantitative estimate of drug-likeness (QED) is 0.104. The number of benzene rings is 2. The molecule has 0 amide bonds. The zero-order chi connectivity index (χ0) is 51.7. The highest BCUT2D eigenvalue weighted by Crippen LogP contribution is 2.55. The summed E-state index contributed by atoms with van der Waals surface area (Å²) in [5, 5.41) is 99.9. The first-order valence-corrected chi connectivity index (χ1v) is 23.8. The van der Waals surface area contributed by atoms with E-state index in [1.165, 1.54) is 26.0 Å². The number of aliphatic hydroxyl groups excluding tert-OH is 4. The summed E-state index contributed by atoms with van der Waals surface area (Å²) >= 11 is 0. The molecule has 4 saturated heterocycles. The zero-order valence-corrected chi connectivity index (χ0v) is 40.7.